The number of nitrogens with zero attached hydrogens (tertiary/aromatic N) is 3. The highest BCUT2D eigenvalue weighted by atomic mass is 35.5. The number of aromatic nitrogens is 3. The van der Waals surface area contributed by atoms with Gasteiger partial charge in [-0.15, -0.1) is 0 Å². The van der Waals surface area contributed by atoms with Crippen molar-refractivity contribution < 1.29 is 24.9 Å². The number of fused-ring (bicyclic) bond motifs is 1. The summed E-state index contributed by atoms with van der Waals surface area (Å²) in [6, 6.07) is 8.01. The molecule has 0 amide bonds. The van der Waals surface area contributed by atoms with Gasteiger partial charge in [0, 0.05) is 22.7 Å². The van der Waals surface area contributed by atoms with Gasteiger partial charge in [0.15, 0.2) is 12.0 Å². The number of rotatable bonds is 9. The molecule has 33 heavy (non-hydrogen) atoms. The maximum absolute atomic E-state index is 10.8. The summed E-state index contributed by atoms with van der Waals surface area (Å²) in [7, 11) is 0. The monoisotopic (exact) mass is 493 g/mol. The van der Waals surface area contributed by atoms with E-state index in [1.165, 1.54) is 11.8 Å². The van der Waals surface area contributed by atoms with Crippen LogP contribution in [0.15, 0.2) is 42.9 Å². The molecule has 4 rings (SSSR count). The van der Waals surface area contributed by atoms with Crippen molar-refractivity contribution >= 4 is 51.9 Å². The van der Waals surface area contributed by atoms with E-state index in [9.17, 15) is 15.0 Å². The number of anilines is 2. The number of hydrogen-bond donors (Lipinski definition) is 5. The summed E-state index contributed by atoms with van der Waals surface area (Å²) < 4.78 is 7.63. The number of imidazole rings is 1. The molecule has 0 saturated carbocycles. The number of thioether (sulfide) groups is 1. The summed E-state index contributed by atoms with van der Waals surface area (Å²) in [6.45, 7) is 0. The molecule has 2 aromatic heterocycles. The molecule has 0 aliphatic carbocycles. The Balaban J connectivity index is 1.46. The SMILES string of the molecule is NC(CCSCC1OC(n2cnc3c(Nc4ccc(Cl)cc4)nccc32)C(O)C1O)C(=O)O. The third-order valence-electron chi connectivity index (χ3n) is 5.38. The number of hydrogen-bond acceptors (Lipinski definition) is 9. The fourth-order valence-electron chi connectivity index (χ4n) is 3.56. The quantitative estimate of drug-likeness (QED) is 0.279. The van der Waals surface area contributed by atoms with Crippen LogP contribution in [0.4, 0.5) is 11.5 Å². The minimum atomic E-state index is -1.16. The van der Waals surface area contributed by atoms with Gasteiger partial charge in [0.25, 0.3) is 0 Å². The second kappa shape index (κ2) is 10.2. The summed E-state index contributed by atoms with van der Waals surface area (Å²) in [4.78, 5) is 19.6. The predicted octanol–water partition coefficient (Wildman–Crippen LogP) is 1.98. The lowest BCUT2D eigenvalue weighted by Crippen LogP contribution is -2.33. The Morgan fingerprint density at radius 1 is 1.24 bits per heavy atom. The second-order valence-electron chi connectivity index (χ2n) is 7.67. The maximum Gasteiger partial charge on any atom is 0.320 e. The third kappa shape index (κ3) is 5.24. The number of halogens is 1. The lowest BCUT2D eigenvalue weighted by molar-refractivity contribution is -0.138. The normalized spacial score (nSPS) is 23.6. The summed E-state index contributed by atoms with van der Waals surface area (Å²) in [6.07, 6.45) is -0.240. The van der Waals surface area contributed by atoms with Gasteiger partial charge >= 0.3 is 5.97 Å². The molecule has 0 radical (unpaired) electrons. The van der Waals surface area contributed by atoms with Crippen LogP contribution in [0, 0.1) is 0 Å². The van der Waals surface area contributed by atoms with E-state index in [1.54, 1.807) is 35.3 Å². The molecule has 1 fully saturated rings. The van der Waals surface area contributed by atoms with Gasteiger partial charge in [-0.3, -0.25) is 4.79 Å². The number of pyridine rings is 1. The Morgan fingerprint density at radius 2 is 2.00 bits per heavy atom. The minimum Gasteiger partial charge on any atom is -0.480 e. The van der Waals surface area contributed by atoms with Gasteiger partial charge in [0.2, 0.25) is 0 Å². The van der Waals surface area contributed by atoms with Crippen molar-refractivity contribution in [2.24, 2.45) is 5.73 Å². The second-order valence-corrected chi connectivity index (χ2v) is 9.25. The number of nitrogens with one attached hydrogen (secondary N) is 1. The number of carboxylic acid groups (broad SMARTS) is 1. The number of benzene rings is 1. The van der Waals surface area contributed by atoms with E-state index in [1.807, 2.05) is 12.1 Å². The molecule has 5 atom stereocenters. The van der Waals surface area contributed by atoms with E-state index < -0.39 is 36.6 Å². The van der Waals surface area contributed by atoms with Crippen molar-refractivity contribution in [3.63, 3.8) is 0 Å². The molecule has 1 aromatic carbocycles. The molecular weight excluding hydrogens is 470 g/mol. The van der Waals surface area contributed by atoms with Crippen molar-refractivity contribution in [1.29, 1.82) is 0 Å². The molecule has 3 heterocycles. The number of nitrogens with two attached hydrogens (primary N) is 1. The van der Waals surface area contributed by atoms with E-state index >= 15 is 0 Å². The zero-order valence-corrected chi connectivity index (χ0v) is 19.0. The number of aliphatic hydroxyl groups is 2. The van der Waals surface area contributed by atoms with Crippen molar-refractivity contribution in [2.75, 3.05) is 16.8 Å². The van der Waals surface area contributed by atoms with Crippen LogP contribution in [0.1, 0.15) is 12.6 Å². The lowest BCUT2D eigenvalue weighted by Gasteiger charge is -2.17. The van der Waals surface area contributed by atoms with Gasteiger partial charge in [0.05, 0.1) is 17.9 Å². The van der Waals surface area contributed by atoms with E-state index in [0.717, 1.165) is 5.69 Å². The first kappa shape index (κ1) is 23.7. The van der Waals surface area contributed by atoms with Gasteiger partial charge in [-0.1, -0.05) is 11.6 Å². The summed E-state index contributed by atoms with van der Waals surface area (Å²) in [5.74, 6) is 0.372. The number of aliphatic hydroxyl groups excluding tert-OH is 2. The van der Waals surface area contributed by atoms with Gasteiger partial charge in [-0.2, -0.15) is 11.8 Å². The predicted molar refractivity (Wildman–Crippen MR) is 126 cm³/mol. The summed E-state index contributed by atoms with van der Waals surface area (Å²) in [5, 5.41) is 33.8. The molecule has 1 saturated heterocycles. The molecule has 3 aromatic rings. The number of carbonyl (C=O) groups is 1. The first-order chi connectivity index (χ1) is 15.8. The molecular formula is C21H24ClN5O5S. The Morgan fingerprint density at radius 3 is 2.73 bits per heavy atom. The Hall–Kier alpha value is -2.41. The fraction of sp³-hybridized carbons (Fsp3) is 0.381. The first-order valence-electron chi connectivity index (χ1n) is 10.3. The highest BCUT2D eigenvalue weighted by Gasteiger charge is 2.44. The smallest absolute Gasteiger partial charge is 0.320 e. The summed E-state index contributed by atoms with van der Waals surface area (Å²) in [5.41, 5.74) is 7.56. The topological polar surface area (TPSA) is 156 Å². The van der Waals surface area contributed by atoms with Crippen LogP contribution in [0.25, 0.3) is 11.0 Å². The lowest BCUT2D eigenvalue weighted by atomic mass is 10.1. The fourth-order valence-corrected chi connectivity index (χ4v) is 4.78. The van der Waals surface area contributed by atoms with E-state index in [-0.39, 0.29) is 0 Å². The largest absolute Gasteiger partial charge is 0.480 e. The average Bonchev–Trinajstić information content (AvgIpc) is 3.35. The minimum absolute atomic E-state index is 0.303. The molecule has 176 valence electrons. The highest BCUT2D eigenvalue weighted by Crippen LogP contribution is 2.34. The molecule has 0 bridgehead atoms. The molecule has 1 aliphatic heterocycles. The van der Waals surface area contributed by atoms with Crippen LogP contribution in [-0.2, 0) is 9.53 Å². The first-order valence-corrected chi connectivity index (χ1v) is 11.8. The van der Waals surface area contributed by atoms with Gasteiger partial charge in [-0.25, -0.2) is 9.97 Å². The van der Waals surface area contributed by atoms with Crippen LogP contribution in [0.3, 0.4) is 0 Å². The average molecular weight is 494 g/mol. The molecule has 12 heteroatoms. The Labute approximate surface area is 198 Å². The molecule has 10 nitrogen and oxygen atoms in total. The van der Waals surface area contributed by atoms with E-state index in [2.05, 4.69) is 15.3 Å². The van der Waals surface area contributed by atoms with E-state index in [4.69, 9.17) is 27.2 Å². The molecule has 0 spiro atoms. The number of aliphatic carboxylic acids is 1. The maximum atomic E-state index is 10.8. The zero-order chi connectivity index (χ0) is 23.5. The van der Waals surface area contributed by atoms with Crippen LogP contribution in [0.2, 0.25) is 5.02 Å². The van der Waals surface area contributed by atoms with Crippen molar-refractivity contribution in [3.8, 4) is 0 Å². The molecule has 1 aliphatic rings. The standard InChI is InChI=1S/C21H24ClN5O5S/c22-11-1-3-12(4-2-11)26-19-16-14(5-7-24-19)27(10-25-16)20-18(29)17(28)15(32-20)9-33-8-6-13(23)21(30)31/h1-5,7,10,13,15,17-18,20,28-29H,6,8-9,23H2,(H,24,26)(H,30,31). The molecule has 5 unspecified atom stereocenters. The Bertz CT molecular complexity index is 1110. The third-order valence-corrected chi connectivity index (χ3v) is 6.72. The van der Waals surface area contributed by atoms with Gasteiger partial charge in [-0.05, 0) is 42.5 Å². The number of carboxylic acids is 1. The van der Waals surface area contributed by atoms with Crippen LogP contribution < -0.4 is 11.1 Å². The van der Waals surface area contributed by atoms with Gasteiger partial charge in [0.1, 0.15) is 23.8 Å². The zero-order valence-electron chi connectivity index (χ0n) is 17.4. The Kier molecular flexibility index (Phi) is 7.37. The number of ether oxygens (including phenoxy) is 1. The van der Waals surface area contributed by atoms with Crippen LogP contribution in [0.5, 0.6) is 0 Å². The van der Waals surface area contributed by atoms with Gasteiger partial charge < -0.3 is 35.7 Å². The van der Waals surface area contributed by atoms with E-state index in [0.29, 0.717) is 39.8 Å². The van der Waals surface area contributed by atoms with Crippen LogP contribution >= 0.6 is 23.4 Å². The van der Waals surface area contributed by atoms with Crippen molar-refractivity contribution in [1.82, 2.24) is 14.5 Å². The van der Waals surface area contributed by atoms with Crippen molar-refractivity contribution in [3.05, 3.63) is 47.9 Å². The summed E-state index contributed by atoms with van der Waals surface area (Å²) >= 11 is 7.36. The van der Waals surface area contributed by atoms with Crippen LogP contribution in [-0.4, -0.2) is 71.7 Å². The molecule has 6 N–H and O–H groups in total. The highest BCUT2D eigenvalue weighted by molar-refractivity contribution is 7.99. The van der Waals surface area contributed by atoms with Crippen molar-refractivity contribution in [2.45, 2.75) is 37.0 Å².